The van der Waals surface area contributed by atoms with E-state index in [1.54, 1.807) is 0 Å². The Hall–Kier alpha value is -0.520. The van der Waals surface area contributed by atoms with E-state index in [1.165, 1.54) is 11.1 Å². The van der Waals surface area contributed by atoms with Gasteiger partial charge < -0.3 is 0 Å². The van der Waals surface area contributed by atoms with Gasteiger partial charge in [-0.05, 0) is 42.9 Å². The van der Waals surface area contributed by atoms with E-state index < -0.39 is 0 Å². The molecule has 100 valence electrons. The van der Waals surface area contributed by atoms with Gasteiger partial charge in [0.05, 0.1) is 0 Å². The van der Waals surface area contributed by atoms with Crippen LogP contribution in [0.2, 0.25) is 0 Å². The van der Waals surface area contributed by atoms with Crippen molar-refractivity contribution in [3.63, 3.8) is 0 Å². The van der Waals surface area contributed by atoms with Crippen molar-refractivity contribution in [2.24, 2.45) is 29.6 Å². The van der Waals surface area contributed by atoms with Crippen molar-refractivity contribution in [1.29, 1.82) is 0 Å². The Morgan fingerprint density at radius 1 is 0.824 bits per heavy atom. The van der Waals surface area contributed by atoms with Crippen LogP contribution in [0.1, 0.15) is 54.9 Å². The molecule has 0 spiro atoms. The fourth-order valence-electron chi connectivity index (χ4n) is 3.09. The average molecular weight is 236 g/mol. The molecule has 0 radical (unpaired) electrons. The van der Waals surface area contributed by atoms with Gasteiger partial charge in [-0.25, -0.2) is 0 Å². The lowest BCUT2D eigenvalue weighted by molar-refractivity contribution is 0.260. The molecule has 0 nitrogen and oxygen atoms in total. The van der Waals surface area contributed by atoms with Gasteiger partial charge in [0.15, 0.2) is 0 Å². The molecule has 0 N–H and O–H groups in total. The predicted molar refractivity (Wildman–Crippen MR) is 80.1 cm³/mol. The number of rotatable bonds is 7. The highest BCUT2D eigenvalue weighted by Gasteiger charge is 2.29. The summed E-state index contributed by atoms with van der Waals surface area (Å²) in [5.41, 5.74) is 2.72. The minimum atomic E-state index is 0.571. The van der Waals surface area contributed by atoms with Crippen LogP contribution in [0, 0.1) is 29.6 Å². The van der Waals surface area contributed by atoms with Crippen molar-refractivity contribution in [2.75, 3.05) is 0 Å². The van der Waals surface area contributed by atoms with Crippen LogP contribution in [0.15, 0.2) is 24.3 Å². The lowest BCUT2D eigenvalue weighted by Crippen LogP contribution is -2.27. The van der Waals surface area contributed by atoms with E-state index in [2.05, 4.69) is 61.6 Å². The Kier molecular flexibility index (Phi) is 6.82. The molecule has 0 saturated carbocycles. The zero-order valence-corrected chi connectivity index (χ0v) is 13.0. The summed E-state index contributed by atoms with van der Waals surface area (Å²) in [6, 6.07) is 0. The summed E-state index contributed by atoms with van der Waals surface area (Å²) in [5.74, 6) is 3.13. The third-order valence-corrected chi connectivity index (χ3v) is 3.53. The van der Waals surface area contributed by atoms with E-state index in [0.29, 0.717) is 29.6 Å². The van der Waals surface area contributed by atoms with Crippen LogP contribution in [0.5, 0.6) is 0 Å². The summed E-state index contributed by atoms with van der Waals surface area (Å²) < 4.78 is 0. The molecule has 0 aliphatic carbocycles. The van der Waals surface area contributed by atoms with E-state index in [1.807, 2.05) is 0 Å². The van der Waals surface area contributed by atoms with E-state index >= 15 is 0 Å². The second-order valence-electron chi connectivity index (χ2n) is 6.64. The van der Waals surface area contributed by atoms with Gasteiger partial charge in [-0.1, -0.05) is 65.8 Å². The van der Waals surface area contributed by atoms with Crippen molar-refractivity contribution >= 4 is 0 Å². The Morgan fingerprint density at radius 2 is 1.24 bits per heavy atom. The Morgan fingerprint density at radius 3 is 1.47 bits per heavy atom. The van der Waals surface area contributed by atoms with Crippen LogP contribution < -0.4 is 0 Å². The van der Waals surface area contributed by atoms with Gasteiger partial charge in [-0.3, -0.25) is 0 Å². The third kappa shape index (κ3) is 5.10. The summed E-state index contributed by atoms with van der Waals surface area (Å²) in [5, 5.41) is 0. The van der Waals surface area contributed by atoms with Gasteiger partial charge in [-0.2, -0.15) is 0 Å². The lowest BCUT2D eigenvalue weighted by atomic mass is 9.69. The van der Waals surface area contributed by atoms with Crippen LogP contribution >= 0.6 is 0 Å². The maximum atomic E-state index is 4.36. The lowest BCUT2D eigenvalue weighted by Gasteiger charge is -2.36. The molecule has 0 heterocycles. The summed E-state index contributed by atoms with van der Waals surface area (Å²) >= 11 is 0. The summed E-state index contributed by atoms with van der Waals surface area (Å²) in [6.45, 7) is 24.5. The Balaban J connectivity index is 5.06. The molecule has 0 bridgehead atoms. The average Bonchev–Trinajstić information content (AvgIpc) is 2.10. The summed E-state index contributed by atoms with van der Waals surface area (Å²) in [6.07, 6.45) is 1.14. The molecule has 2 unspecified atom stereocenters. The maximum Gasteiger partial charge on any atom is -0.0115 e. The van der Waals surface area contributed by atoms with Crippen LogP contribution in [0.4, 0.5) is 0 Å². The predicted octanol–water partition coefficient (Wildman–Crippen LogP) is 5.71. The molecule has 0 aliphatic heterocycles. The first-order chi connectivity index (χ1) is 7.68. The Bertz CT molecular complexity index is 255. The molecule has 0 heteroatoms. The topological polar surface area (TPSA) is 0 Å². The molecule has 0 fully saturated rings. The molecular formula is C17H32. The zero-order valence-electron chi connectivity index (χ0n) is 13.0. The maximum absolute atomic E-state index is 4.36. The molecule has 0 amide bonds. The van der Waals surface area contributed by atoms with Gasteiger partial charge in [0, 0.05) is 0 Å². The molecule has 0 aliphatic rings. The summed E-state index contributed by atoms with van der Waals surface area (Å²) in [4.78, 5) is 0. The van der Waals surface area contributed by atoms with Crippen molar-refractivity contribution in [2.45, 2.75) is 54.9 Å². The van der Waals surface area contributed by atoms with Crippen molar-refractivity contribution in [3.05, 3.63) is 24.3 Å². The second kappa shape index (κ2) is 7.03. The smallest absolute Gasteiger partial charge is 0.0115 e. The monoisotopic (exact) mass is 236 g/mol. The zero-order chi connectivity index (χ0) is 13.7. The quantitative estimate of drug-likeness (QED) is 0.497. The van der Waals surface area contributed by atoms with Crippen LogP contribution in [-0.4, -0.2) is 0 Å². The SMILES string of the molecule is C=C(C)C(C(C)C)C(C(=C)CC(C)C)C(C)C. The molecule has 17 heavy (non-hydrogen) atoms. The normalized spacial score (nSPS) is 15.4. The fourth-order valence-corrected chi connectivity index (χ4v) is 3.09. The second-order valence-corrected chi connectivity index (χ2v) is 6.64. The molecule has 0 aromatic carbocycles. The van der Waals surface area contributed by atoms with E-state index in [4.69, 9.17) is 0 Å². The summed E-state index contributed by atoms with van der Waals surface area (Å²) in [7, 11) is 0. The number of hydrogen-bond donors (Lipinski definition) is 0. The highest BCUT2D eigenvalue weighted by atomic mass is 14.3. The molecule has 0 aromatic rings. The van der Waals surface area contributed by atoms with Crippen molar-refractivity contribution < 1.29 is 0 Å². The van der Waals surface area contributed by atoms with Gasteiger partial charge in [0.2, 0.25) is 0 Å². The van der Waals surface area contributed by atoms with Gasteiger partial charge >= 0.3 is 0 Å². The van der Waals surface area contributed by atoms with E-state index in [9.17, 15) is 0 Å². The minimum Gasteiger partial charge on any atom is -0.0998 e. The number of hydrogen-bond acceptors (Lipinski definition) is 0. The van der Waals surface area contributed by atoms with Crippen molar-refractivity contribution in [1.82, 2.24) is 0 Å². The standard InChI is InChI=1S/C17H32/c1-11(2)10-15(9)17(14(7)8)16(12(3)4)13(5)6/h11,13-14,16-17H,3,9-10H2,1-2,4-8H3. The molecule has 2 atom stereocenters. The van der Waals surface area contributed by atoms with Crippen molar-refractivity contribution in [3.8, 4) is 0 Å². The first-order valence-corrected chi connectivity index (χ1v) is 7.01. The Labute approximate surface area is 109 Å². The highest BCUT2D eigenvalue weighted by molar-refractivity contribution is 5.13. The van der Waals surface area contributed by atoms with Crippen LogP contribution in [0.25, 0.3) is 0 Å². The van der Waals surface area contributed by atoms with Gasteiger partial charge in [-0.15, -0.1) is 0 Å². The van der Waals surface area contributed by atoms with Crippen LogP contribution in [-0.2, 0) is 0 Å². The molecule has 0 aromatic heterocycles. The first-order valence-electron chi connectivity index (χ1n) is 7.01. The third-order valence-electron chi connectivity index (χ3n) is 3.53. The van der Waals surface area contributed by atoms with Gasteiger partial charge in [0.1, 0.15) is 0 Å². The fraction of sp³-hybridized carbons (Fsp3) is 0.765. The first kappa shape index (κ1) is 16.5. The molecule has 0 saturated heterocycles. The largest absolute Gasteiger partial charge is 0.0998 e. The molecular weight excluding hydrogens is 204 g/mol. The molecule has 0 rings (SSSR count). The minimum absolute atomic E-state index is 0.571. The van der Waals surface area contributed by atoms with E-state index in [-0.39, 0.29) is 0 Å². The van der Waals surface area contributed by atoms with E-state index in [0.717, 1.165) is 6.42 Å². The van der Waals surface area contributed by atoms with Crippen LogP contribution in [0.3, 0.4) is 0 Å². The van der Waals surface area contributed by atoms with Gasteiger partial charge in [0.25, 0.3) is 0 Å². The number of allylic oxidation sites excluding steroid dienone is 2. The highest BCUT2D eigenvalue weighted by Crippen LogP contribution is 2.38.